The number of nitroso groups, excluding NO2 is 1. The average Bonchev–Trinajstić information content (AvgIpc) is 3.70. The normalized spacial score (nSPS) is 16.0. The zero-order valence-corrected chi connectivity index (χ0v) is 31.6. The van der Waals surface area contributed by atoms with Gasteiger partial charge in [-0.1, -0.05) is 81.8 Å². The van der Waals surface area contributed by atoms with Crippen molar-refractivity contribution in [2.75, 3.05) is 33.3 Å². The lowest BCUT2D eigenvalue weighted by atomic mass is 9.95. The molecular formula is C36H50N6O7S2. The number of aliphatic hydroxyl groups is 1. The van der Waals surface area contributed by atoms with Gasteiger partial charge in [-0.2, -0.15) is 9.21 Å². The predicted molar refractivity (Wildman–Crippen MR) is 196 cm³/mol. The number of nitrogens with zero attached hydrogens (tertiary/aromatic N) is 5. The number of aliphatic hydroxyl groups excluding tert-OH is 1. The van der Waals surface area contributed by atoms with E-state index >= 15 is 0 Å². The van der Waals surface area contributed by atoms with Gasteiger partial charge in [0.2, 0.25) is 15.9 Å². The summed E-state index contributed by atoms with van der Waals surface area (Å²) in [5, 5.41) is 20.4. The number of carbonyl (C=O) groups is 2. The summed E-state index contributed by atoms with van der Waals surface area (Å²) in [6, 6.07) is 13.4. The number of sulfonamides is 1. The highest BCUT2D eigenvalue weighted by atomic mass is 32.2. The van der Waals surface area contributed by atoms with E-state index in [1.165, 1.54) is 27.8 Å². The molecule has 4 atom stereocenters. The molecule has 3 aromatic rings. The highest BCUT2D eigenvalue weighted by molar-refractivity contribution is 7.89. The van der Waals surface area contributed by atoms with Crippen molar-refractivity contribution in [3.8, 4) is 0 Å². The molecule has 0 saturated carbocycles. The van der Waals surface area contributed by atoms with Gasteiger partial charge in [-0.05, 0) is 41.5 Å². The number of ether oxygens (including phenoxy) is 1. The quantitative estimate of drug-likeness (QED) is 0.158. The molecule has 0 aliphatic carbocycles. The van der Waals surface area contributed by atoms with E-state index in [1.54, 1.807) is 29.0 Å². The second kappa shape index (κ2) is 18.6. The van der Waals surface area contributed by atoms with Crippen LogP contribution >= 0.6 is 11.3 Å². The first kappa shape index (κ1) is 40.0. The third kappa shape index (κ3) is 10.6. The topological polar surface area (TPSA) is 162 Å². The Hall–Kier alpha value is -3.76. The fraction of sp³-hybridized carbons (Fsp3) is 0.528. The van der Waals surface area contributed by atoms with Gasteiger partial charge >= 0.3 is 6.03 Å². The van der Waals surface area contributed by atoms with Gasteiger partial charge in [0.05, 0.1) is 35.9 Å². The van der Waals surface area contributed by atoms with E-state index in [0.717, 1.165) is 16.3 Å². The number of urea groups is 1. The van der Waals surface area contributed by atoms with E-state index in [0.29, 0.717) is 38.2 Å². The maximum absolute atomic E-state index is 14.3. The van der Waals surface area contributed by atoms with E-state index < -0.39 is 34.1 Å². The maximum Gasteiger partial charge on any atom is 0.321 e. The minimum Gasteiger partial charge on any atom is -0.390 e. The van der Waals surface area contributed by atoms with E-state index in [2.05, 4.69) is 15.5 Å². The number of methoxy groups -OCH3 is 1. The number of benzene rings is 2. The number of aromatic nitrogens is 1. The first-order valence-corrected chi connectivity index (χ1v) is 19.6. The Bertz CT molecular complexity index is 1690. The van der Waals surface area contributed by atoms with Gasteiger partial charge in [0.15, 0.2) is 0 Å². The van der Waals surface area contributed by atoms with Crippen LogP contribution < -0.4 is 5.32 Å². The van der Waals surface area contributed by atoms with Crippen LogP contribution in [0.25, 0.3) is 0 Å². The molecule has 2 N–H and O–H groups in total. The van der Waals surface area contributed by atoms with Crippen molar-refractivity contribution in [1.29, 1.82) is 0 Å². The molecule has 2 heterocycles. The number of rotatable bonds is 20. The van der Waals surface area contributed by atoms with Crippen molar-refractivity contribution in [3.63, 3.8) is 0 Å². The van der Waals surface area contributed by atoms with Gasteiger partial charge in [0, 0.05) is 38.7 Å². The Balaban J connectivity index is 1.57. The lowest BCUT2D eigenvalue weighted by Crippen LogP contribution is -2.57. The molecular weight excluding hydrogens is 693 g/mol. The van der Waals surface area contributed by atoms with Crippen molar-refractivity contribution in [1.82, 2.24) is 24.4 Å². The van der Waals surface area contributed by atoms with Crippen LogP contribution in [-0.4, -0.2) is 96.0 Å². The average molecular weight is 743 g/mol. The number of amides is 3. The van der Waals surface area contributed by atoms with E-state index in [1.807, 2.05) is 63.4 Å². The predicted octanol–water partition coefficient (Wildman–Crippen LogP) is 4.64. The molecule has 3 amide bonds. The molecule has 0 bridgehead atoms. The van der Waals surface area contributed by atoms with Crippen molar-refractivity contribution >= 4 is 33.3 Å². The minimum absolute atomic E-state index is 0.0233. The number of thiazole rings is 1. The summed E-state index contributed by atoms with van der Waals surface area (Å²) in [6.45, 7) is 8.93. The SMILES string of the molecule is CC[C@H](C)[C@@H](C(=O)N[C@@H](Cc1ccccc1)[C@H](O)CN(CC(C)C)S(=O)(=O)c1ccc(CN=O)cc1)N1CCN(Cc2csc(COC)n2)C1=O. The van der Waals surface area contributed by atoms with Gasteiger partial charge in [-0.25, -0.2) is 18.2 Å². The molecule has 2 aromatic carbocycles. The van der Waals surface area contributed by atoms with Crippen molar-refractivity contribution in [2.24, 2.45) is 17.0 Å². The first-order valence-electron chi connectivity index (χ1n) is 17.3. The molecule has 0 spiro atoms. The van der Waals surface area contributed by atoms with E-state index in [4.69, 9.17) is 4.74 Å². The second-order valence-corrected chi connectivity index (χ2v) is 16.3. The van der Waals surface area contributed by atoms with Crippen LogP contribution in [0.15, 0.2) is 70.0 Å². The fourth-order valence-corrected chi connectivity index (χ4v) is 8.54. The van der Waals surface area contributed by atoms with Crippen LogP contribution in [0.5, 0.6) is 0 Å². The number of carbonyl (C=O) groups excluding carboxylic acids is 2. The molecule has 278 valence electrons. The van der Waals surface area contributed by atoms with Crippen molar-refractivity contribution < 1.29 is 27.9 Å². The van der Waals surface area contributed by atoms with E-state index in [9.17, 15) is 28.0 Å². The zero-order chi connectivity index (χ0) is 37.1. The number of nitrogens with one attached hydrogen (secondary N) is 1. The Labute approximate surface area is 305 Å². The second-order valence-electron chi connectivity index (χ2n) is 13.4. The Kier molecular flexibility index (Phi) is 14.6. The molecule has 4 rings (SSSR count). The molecule has 1 aliphatic heterocycles. The lowest BCUT2D eigenvalue weighted by molar-refractivity contribution is -0.128. The molecule has 0 radical (unpaired) electrons. The number of hydrogen-bond acceptors (Lipinski definition) is 10. The molecule has 15 heteroatoms. The monoisotopic (exact) mass is 742 g/mol. The van der Waals surface area contributed by atoms with Gasteiger partial charge in [-0.15, -0.1) is 11.3 Å². The van der Waals surface area contributed by atoms with E-state index in [-0.39, 0.29) is 48.8 Å². The Morgan fingerprint density at radius 1 is 1.08 bits per heavy atom. The molecule has 51 heavy (non-hydrogen) atoms. The summed E-state index contributed by atoms with van der Waals surface area (Å²) in [7, 11) is -2.46. The zero-order valence-electron chi connectivity index (χ0n) is 30.0. The summed E-state index contributed by atoms with van der Waals surface area (Å²) >= 11 is 1.47. The van der Waals surface area contributed by atoms with Gasteiger partial charge in [-0.3, -0.25) is 4.79 Å². The molecule has 0 unspecified atom stereocenters. The Morgan fingerprint density at radius 3 is 2.41 bits per heavy atom. The standard InChI is InChI=1S/C36H50N6O7S2/c1-6-26(4)34(42-17-16-40(36(42)45)21-29-24-50-33(38-29)23-49-5)35(44)39-31(18-27-10-8-7-9-11-27)32(43)22-41(20-25(2)3)51(47,48)30-14-12-28(13-15-30)19-37-46/h7-15,24-26,31-32,34,43H,6,16-23H2,1-5H3,(H,39,44)/t26-,31-,32+,34-/m0/s1. The van der Waals surface area contributed by atoms with Crippen LogP contribution in [0, 0.1) is 16.7 Å². The smallest absolute Gasteiger partial charge is 0.321 e. The van der Waals surface area contributed by atoms with Gasteiger partial charge in [0.1, 0.15) is 17.6 Å². The fourth-order valence-electron chi connectivity index (χ4n) is 6.17. The van der Waals surface area contributed by atoms with Gasteiger partial charge in [0.25, 0.3) is 0 Å². The number of hydrogen-bond donors (Lipinski definition) is 2. The summed E-state index contributed by atoms with van der Waals surface area (Å²) in [6.07, 6.45) is -0.435. The molecule has 1 fully saturated rings. The summed E-state index contributed by atoms with van der Waals surface area (Å²) in [4.78, 5) is 46.6. The molecule has 1 aliphatic rings. The largest absolute Gasteiger partial charge is 0.390 e. The molecule has 13 nitrogen and oxygen atoms in total. The minimum atomic E-state index is -4.06. The summed E-state index contributed by atoms with van der Waals surface area (Å²) in [5.74, 6) is -0.679. The van der Waals surface area contributed by atoms with Crippen molar-refractivity contribution in [2.45, 2.75) is 83.3 Å². The summed E-state index contributed by atoms with van der Waals surface area (Å²) in [5.41, 5.74) is 2.19. The van der Waals surface area contributed by atoms with Crippen LogP contribution in [0.2, 0.25) is 0 Å². The first-order chi connectivity index (χ1) is 24.4. The third-order valence-corrected chi connectivity index (χ3v) is 11.7. The van der Waals surface area contributed by atoms with Crippen LogP contribution in [0.4, 0.5) is 4.79 Å². The molecule has 1 aromatic heterocycles. The van der Waals surface area contributed by atoms with Crippen LogP contribution in [0.3, 0.4) is 0 Å². The highest BCUT2D eigenvalue weighted by Crippen LogP contribution is 2.25. The Morgan fingerprint density at radius 2 is 1.78 bits per heavy atom. The maximum atomic E-state index is 14.3. The lowest BCUT2D eigenvalue weighted by Gasteiger charge is -2.35. The van der Waals surface area contributed by atoms with Crippen molar-refractivity contribution in [3.05, 3.63) is 86.7 Å². The van der Waals surface area contributed by atoms with Crippen LogP contribution in [-0.2, 0) is 45.7 Å². The highest BCUT2D eigenvalue weighted by Gasteiger charge is 2.41. The third-order valence-electron chi connectivity index (χ3n) is 8.99. The summed E-state index contributed by atoms with van der Waals surface area (Å²) < 4.78 is 34.2. The van der Waals surface area contributed by atoms with Crippen LogP contribution in [0.1, 0.15) is 55.9 Å². The molecule has 1 saturated heterocycles. The van der Waals surface area contributed by atoms with Gasteiger partial charge < -0.3 is 25.0 Å².